The predicted octanol–water partition coefficient (Wildman–Crippen LogP) is 2.26. The van der Waals surface area contributed by atoms with Crippen LogP contribution in [0.15, 0.2) is 28.8 Å². The largest absolute Gasteiger partial charge is 0.441 e. The molecule has 98 valence electrons. The van der Waals surface area contributed by atoms with Gasteiger partial charge in [-0.1, -0.05) is 0 Å². The molecule has 3 rings (SSSR count). The first-order valence-corrected chi connectivity index (χ1v) is 6.22. The molecule has 0 unspecified atom stereocenters. The van der Waals surface area contributed by atoms with E-state index in [0.717, 1.165) is 28.9 Å². The third kappa shape index (κ3) is 2.13. The molecule has 0 radical (unpaired) electrons. The van der Waals surface area contributed by atoms with Crippen LogP contribution in [-0.4, -0.2) is 21.8 Å². The van der Waals surface area contributed by atoms with E-state index in [1.54, 1.807) is 0 Å². The lowest BCUT2D eigenvalue weighted by atomic mass is 10.1. The number of nitrogens with one attached hydrogen (secondary N) is 1. The molecule has 0 aliphatic carbocycles. The molecular formula is C14H16N4O. The Labute approximate surface area is 111 Å². The summed E-state index contributed by atoms with van der Waals surface area (Å²) in [5.74, 6) is 0.684. The van der Waals surface area contributed by atoms with Crippen molar-refractivity contribution in [3.63, 3.8) is 0 Å². The molecule has 5 nitrogen and oxygen atoms in total. The molecule has 0 aliphatic heterocycles. The maximum absolute atomic E-state index is 5.49. The van der Waals surface area contributed by atoms with Crippen LogP contribution >= 0.6 is 0 Å². The van der Waals surface area contributed by atoms with Gasteiger partial charge >= 0.3 is 0 Å². The minimum Gasteiger partial charge on any atom is -0.441 e. The van der Waals surface area contributed by atoms with E-state index in [9.17, 15) is 0 Å². The van der Waals surface area contributed by atoms with Crippen LogP contribution in [0.5, 0.6) is 0 Å². The van der Waals surface area contributed by atoms with Crippen molar-refractivity contribution >= 4 is 11.1 Å². The molecule has 0 amide bonds. The highest BCUT2D eigenvalue weighted by Gasteiger charge is 2.11. The molecule has 0 saturated heterocycles. The Kier molecular flexibility index (Phi) is 2.83. The SMILES string of the molecule is CNCc1cn(C)nc1-c1ccc2oc(C)nc2c1. The second-order valence-corrected chi connectivity index (χ2v) is 4.62. The van der Waals surface area contributed by atoms with Crippen molar-refractivity contribution in [3.05, 3.63) is 35.9 Å². The van der Waals surface area contributed by atoms with Gasteiger partial charge in [0.1, 0.15) is 5.52 Å². The number of oxazole rings is 1. The van der Waals surface area contributed by atoms with Crippen molar-refractivity contribution in [2.75, 3.05) is 7.05 Å². The summed E-state index contributed by atoms with van der Waals surface area (Å²) >= 11 is 0. The van der Waals surface area contributed by atoms with Gasteiger partial charge in [0.2, 0.25) is 0 Å². The van der Waals surface area contributed by atoms with Gasteiger partial charge in [-0.15, -0.1) is 0 Å². The Bertz CT molecular complexity index is 726. The van der Waals surface area contributed by atoms with Gasteiger partial charge in [0.25, 0.3) is 0 Å². The van der Waals surface area contributed by atoms with E-state index in [4.69, 9.17) is 4.42 Å². The Morgan fingerprint density at radius 1 is 1.37 bits per heavy atom. The zero-order valence-corrected chi connectivity index (χ0v) is 11.3. The highest BCUT2D eigenvalue weighted by molar-refractivity contribution is 5.80. The summed E-state index contributed by atoms with van der Waals surface area (Å²) < 4.78 is 7.33. The van der Waals surface area contributed by atoms with Crippen LogP contribution in [0, 0.1) is 6.92 Å². The molecule has 0 fully saturated rings. The van der Waals surface area contributed by atoms with Crippen molar-refractivity contribution in [2.45, 2.75) is 13.5 Å². The standard InChI is InChI=1S/C14H16N4O/c1-9-16-12-6-10(4-5-13(12)19-9)14-11(7-15-2)8-18(3)17-14/h4-6,8,15H,7H2,1-3H3. The number of aromatic nitrogens is 3. The van der Waals surface area contributed by atoms with E-state index in [1.165, 1.54) is 5.56 Å². The minimum atomic E-state index is 0.684. The lowest BCUT2D eigenvalue weighted by Crippen LogP contribution is -2.05. The van der Waals surface area contributed by atoms with Gasteiger partial charge in [-0.05, 0) is 25.2 Å². The van der Waals surface area contributed by atoms with Crippen LogP contribution in [0.3, 0.4) is 0 Å². The number of aryl methyl sites for hydroxylation is 2. The highest BCUT2D eigenvalue weighted by atomic mass is 16.3. The summed E-state index contributed by atoms with van der Waals surface area (Å²) in [5, 5.41) is 7.69. The summed E-state index contributed by atoms with van der Waals surface area (Å²) in [7, 11) is 3.86. The minimum absolute atomic E-state index is 0.684. The molecule has 19 heavy (non-hydrogen) atoms. The van der Waals surface area contributed by atoms with E-state index in [0.29, 0.717) is 5.89 Å². The molecule has 0 aliphatic rings. The number of fused-ring (bicyclic) bond motifs is 1. The molecule has 2 aromatic heterocycles. The number of hydrogen-bond donors (Lipinski definition) is 1. The van der Waals surface area contributed by atoms with Crippen LogP contribution in [0.2, 0.25) is 0 Å². The first-order valence-electron chi connectivity index (χ1n) is 6.22. The molecule has 0 saturated carbocycles. The molecule has 0 atom stereocenters. The average molecular weight is 256 g/mol. The number of rotatable bonds is 3. The number of benzene rings is 1. The van der Waals surface area contributed by atoms with E-state index < -0.39 is 0 Å². The molecule has 1 aromatic carbocycles. The zero-order chi connectivity index (χ0) is 13.4. The van der Waals surface area contributed by atoms with Crippen molar-refractivity contribution in [1.82, 2.24) is 20.1 Å². The predicted molar refractivity (Wildman–Crippen MR) is 73.7 cm³/mol. The van der Waals surface area contributed by atoms with Gasteiger partial charge in [0, 0.05) is 37.8 Å². The molecule has 0 bridgehead atoms. The lowest BCUT2D eigenvalue weighted by Gasteiger charge is -2.01. The Hall–Kier alpha value is -2.14. The van der Waals surface area contributed by atoms with E-state index in [1.807, 2.05) is 50.1 Å². The third-order valence-electron chi connectivity index (χ3n) is 3.04. The quantitative estimate of drug-likeness (QED) is 0.781. The van der Waals surface area contributed by atoms with Gasteiger partial charge in [-0.25, -0.2) is 4.98 Å². The lowest BCUT2D eigenvalue weighted by molar-refractivity contribution is 0.561. The van der Waals surface area contributed by atoms with E-state index in [2.05, 4.69) is 15.4 Å². The van der Waals surface area contributed by atoms with Crippen molar-refractivity contribution in [1.29, 1.82) is 0 Å². The Morgan fingerprint density at radius 3 is 3.00 bits per heavy atom. The van der Waals surface area contributed by atoms with Gasteiger partial charge in [-0.2, -0.15) is 5.10 Å². The maximum atomic E-state index is 5.49. The Balaban J connectivity index is 2.12. The van der Waals surface area contributed by atoms with Crippen LogP contribution < -0.4 is 5.32 Å². The molecule has 5 heteroatoms. The molecule has 2 heterocycles. The molecular weight excluding hydrogens is 240 g/mol. The monoisotopic (exact) mass is 256 g/mol. The first kappa shape index (κ1) is 11.9. The topological polar surface area (TPSA) is 55.9 Å². The van der Waals surface area contributed by atoms with Gasteiger partial charge in [0.15, 0.2) is 11.5 Å². The highest BCUT2D eigenvalue weighted by Crippen LogP contribution is 2.26. The van der Waals surface area contributed by atoms with E-state index >= 15 is 0 Å². The van der Waals surface area contributed by atoms with Crippen molar-refractivity contribution in [2.24, 2.45) is 7.05 Å². The van der Waals surface area contributed by atoms with Gasteiger partial charge in [-0.3, -0.25) is 4.68 Å². The fraction of sp³-hybridized carbons (Fsp3) is 0.286. The van der Waals surface area contributed by atoms with Gasteiger partial charge in [0.05, 0.1) is 5.69 Å². The van der Waals surface area contributed by atoms with Gasteiger partial charge < -0.3 is 9.73 Å². The summed E-state index contributed by atoms with van der Waals surface area (Å²) in [4.78, 5) is 4.36. The Morgan fingerprint density at radius 2 is 2.21 bits per heavy atom. The van der Waals surface area contributed by atoms with Crippen LogP contribution in [0.4, 0.5) is 0 Å². The number of hydrogen-bond acceptors (Lipinski definition) is 4. The zero-order valence-electron chi connectivity index (χ0n) is 11.3. The van der Waals surface area contributed by atoms with Crippen LogP contribution in [0.25, 0.3) is 22.4 Å². The first-order chi connectivity index (χ1) is 9.17. The van der Waals surface area contributed by atoms with E-state index in [-0.39, 0.29) is 0 Å². The summed E-state index contributed by atoms with van der Waals surface area (Å²) in [6, 6.07) is 5.99. The van der Waals surface area contributed by atoms with Crippen molar-refractivity contribution < 1.29 is 4.42 Å². The third-order valence-corrected chi connectivity index (χ3v) is 3.04. The fourth-order valence-corrected chi connectivity index (χ4v) is 2.29. The van der Waals surface area contributed by atoms with Crippen LogP contribution in [-0.2, 0) is 13.6 Å². The molecule has 1 N–H and O–H groups in total. The van der Waals surface area contributed by atoms with Crippen LogP contribution in [0.1, 0.15) is 11.5 Å². The smallest absolute Gasteiger partial charge is 0.192 e. The number of nitrogens with zero attached hydrogens (tertiary/aromatic N) is 3. The summed E-state index contributed by atoms with van der Waals surface area (Å²) in [6.45, 7) is 2.64. The molecule has 3 aromatic rings. The second kappa shape index (κ2) is 4.51. The summed E-state index contributed by atoms with van der Waals surface area (Å²) in [6.07, 6.45) is 2.03. The normalized spacial score (nSPS) is 11.3. The van der Waals surface area contributed by atoms with Crippen molar-refractivity contribution in [3.8, 4) is 11.3 Å². The molecule has 0 spiro atoms. The fourth-order valence-electron chi connectivity index (χ4n) is 2.29. The average Bonchev–Trinajstić information content (AvgIpc) is 2.90. The maximum Gasteiger partial charge on any atom is 0.192 e. The summed E-state index contributed by atoms with van der Waals surface area (Å²) in [5.41, 5.74) is 4.90. The second-order valence-electron chi connectivity index (χ2n) is 4.62.